The molecule has 0 heterocycles. The third-order valence-electron chi connectivity index (χ3n) is 1.68. The van der Waals surface area contributed by atoms with Crippen molar-refractivity contribution < 1.29 is 4.79 Å². The van der Waals surface area contributed by atoms with Crippen molar-refractivity contribution in [3.05, 3.63) is 34.9 Å². The van der Waals surface area contributed by atoms with Gasteiger partial charge in [0.1, 0.15) is 11.0 Å². The summed E-state index contributed by atoms with van der Waals surface area (Å²) in [5.41, 5.74) is 5.91. The van der Waals surface area contributed by atoms with Crippen LogP contribution in [0.25, 0.3) is 0 Å². The third kappa shape index (κ3) is 3.87. The van der Waals surface area contributed by atoms with Crippen LogP contribution in [-0.2, 0) is 0 Å². The van der Waals surface area contributed by atoms with Gasteiger partial charge in [-0.15, -0.1) is 23.2 Å². The fraction of sp³-hybridized carbons (Fsp3) is 0.222. The van der Waals surface area contributed by atoms with E-state index in [-0.39, 0.29) is 5.91 Å². The summed E-state index contributed by atoms with van der Waals surface area (Å²) in [6, 6.07) is 6.39. The first kappa shape index (κ1) is 12.6. The summed E-state index contributed by atoms with van der Waals surface area (Å²) in [4.78, 5) is 10.7. The summed E-state index contributed by atoms with van der Waals surface area (Å²) in [7, 11) is 0. The molecule has 3 nitrogen and oxygen atoms in total. The van der Waals surface area contributed by atoms with Gasteiger partial charge in [0, 0.05) is 10.6 Å². The maximum absolute atomic E-state index is 11.5. The molecule has 0 radical (unpaired) electrons. The zero-order valence-electron chi connectivity index (χ0n) is 7.58. The van der Waals surface area contributed by atoms with Crippen LogP contribution in [0, 0.1) is 0 Å². The van der Waals surface area contributed by atoms with Gasteiger partial charge in [-0.1, -0.05) is 11.6 Å². The first-order valence-electron chi connectivity index (χ1n) is 4.11. The van der Waals surface area contributed by atoms with E-state index in [0.29, 0.717) is 10.6 Å². The molecule has 1 aromatic carbocycles. The molecule has 0 aliphatic rings. The van der Waals surface area contributed by atoms with Crippen molar-refractivity contribution in [2.75, 3.05) is 0 Å². The lowest BCUT2D eigenvalue weighted by molar-refractivity contribution is 0.0940. The maximum Gasteiger partial charge on any atom is 0.252 e. The van der Waals surface area contributed by atoms with E-state index < -0.39 is 11.0 Å². The van der Waals surface area contributed by atoms with Gasteiger partial charge < -0.3 is 11.1 Å². The molecule has 0 saturated carbocycles. The molecule has 82 valence electrons. The van der Waals surface area contributed by atoms with Crippen LogP contribution in [0.3, 0.4) is 0 Å². The number of halogens is 3. The number of alkyl halides is 2. The number of hydrogen-bond donors (Lipinski definition) is 2. The zero-order valence-corrected chi connectivity index (χ0v) is 9.85. The second-order valence-electron chi connectivity index (χ2n) is 2.84. The number of hydrogen-bond acceptors (Lipinski definition) is 2. The number of amides is 1. The topological polar surface area (TPSA) is 55.1 Å². The van der Waals surface area contributed by atoms with E-state index in [1.165, 1.54) is 0 Å². The van der Waals surface area contributed by atoms with Crippen LogP contribution < -0.4 is 11.1 Å². The predicted molar refractivity (Wildman–Crippen MR) is 62.4 cm³/mol. The Morgan fingerprint density at radius 3 is 2.27 bits per heavy atom. The lowest BCUT2D eigenvalue weighted by Gasteiger charge is -2.14. The van der Waals surface area contributed by atoms with Gasteiger partial charge in [0.25, 0.3) is 5.91 Å². The van der Waals surface area contributed by atoms with Gasteiger partial charge in [0.05, 0.1) is 0 Å². The molecule has 6 heteroatoms. The zero-order chi connectivity index (χ0) is 11.4. The minimum Gasteiger partial charge on any atom is -0.334 e. The van der Waals surface area contributed by atoms with Gasteiger partial charge in [-0.25, -0.2) is 0 Å². The lowest BCUT2D eigenvalue weighted by atomic mass is 10.2. The van der Waals surface area contributed by atoms with Crippen molar-refractivity contribution >= 4 is 40.7 Å². The number of carbonyl (C=O) groups excluding carboxylic acids is 1. The van der Waals surface area contributed by atoms with Crippen LogP contribution in [0.1, 0.15) is 10.4 Å². The minimum absolute atomic E-state index is 0.342. The van der Waals surface area contributed by atoms with Gasteiger partial charge in [0.15, 0.2) is 0 Å². The number of nitrogens with two attached hydrogens (primary N) is 1. The largest absolute Gasteiger partial charge is 0.334 e. The number of rotatable bonds is 3. The first-order valence-corrected chi connectivity index (χ1v) is 5.36. The molecule has 1 aromatic rings. The second-order valence-corrected chi connectivity index (χ2v) is 4.44. The van der Waals surface area contributed by atoms with E-state index in [0.717, 1.165) is 0 Å². The smallest absolute Gasteiger partial charge is 0.252 e. The fourth-order valence-corrected chi connectivity index (χ4v) is 1.15. The molecular formula is C9H9Cl3N2O. The number of carbonyl (C=O) groups is 1. The summed E-state index contributed by atoms with van der Waals surface area (Å²) >= 11 is 16.7. The Labute approximate surface area is 102 Å². The van der Waals surface area contributed by atoms with Crippen LogP contribution >= 0.6 is 34.8 Å². The van der Waals surface area contributed by atoms with E-state index in [9.17, 15) is 4.79 Å². The quantitative estimate of drug-likeness (QED) is 0.651. The highest BCUT2D eigenvalue weighted by molar-refractivity contribution is 6.44. The van der Waals surface area contributed by atoms with Crippen molar-refractivity contribution in [2.24, 2.45) is 5.73 Å². The lowest BCUT2D eigenvalue weighted by Crippen LogP contribution is -2.45. The summed E-state index contributed by atoms with van der Waals surface area (Å²) in [6.07, 6.45) is -0.795. The van der Waals surface area contributed by atoms with Crippen molar-refractivity contribution in [1.82, 2.24) is 5.32 Å². The van der Waals surface area contributed by atoms with Crippen molar-refractivity contribution in [2.45, 2.75) is 11.0 Å². The number of benzene rings is 1. The van der Waals surface area contributed by atoms with E-state index in [1.807, 2.05) is 0 Å². The average Bonchev–Trinajstić information content (AvgIpc) is 2.18. The van der Waals surface area contributed by atoms with E-state index in [4.69, 9.17) is 40.5 Å². The Hall–Kier alpha value is -0.480. The van der Waals surface area contributed by atoms with Crippen molar-refractivity contribution in [3.63, 3.8) is 0 Å². The summed E-state index contributed by atoms with van der Waals surface area (Å²) in [6.45, 7) is 0. The Bertz CT molecular complexity index is 340. The summed E-state index contributed by atoms with van der Waals surface area (Å²) < 4.78 is 0. The third-order valence-corrected chi connectivity index (χ3v) is 2.47. The molecule has 0 aliphatic carbocycles. The maximum atomic E-state index is 11.5. The van der Waals surface area contributed by atoms with Gasteiger partial charge in [-0.3, -0.25) is 4.79 Å². The highest BCUT2D eigenvalue weighted by Crippen LogP contribution is 2.10. The molecule has 0 saturated heterocycles. The highest BCUT2D eigenvalue weighted by Gasteiger charge is 2.15. The Kier molecular flexibility index (Phi) is 4.67. The average molecular weight is 268 g/mol. The number of nitrogens with one attached hydrogen (secondary N) is 1. The van der Waals surface area contributed by atoms with Crippen LogP contribution in [0.15, 0.2) is 24.3 Å². The molecule has 1 rings (SSSR count). The van der Waals surface area contributed by atoms with E-state index in [2.05, 4.69) is 5.32 Å². The molecule has 0 aliphatic heterocycles. The normalized spacial score (nSPS) is 12.6. The highest BCUT2D eigenvalue weighted by atomic mass is 35.5. The minimum atomic E-state index is -0.846. The molecular weight excluding hydrogens is 258 g/mol. The van der Waals surface area contributed by atoms with E-state index >= 15 is 0 Å². The Balaban J connectivity index is 2.65. The van der Waals surface area contributed by atoms with Crippen LogP contribution in [0.4, 0.5) is 0 Å². The van der Waals surface area contributed by atoms with Crippen molar-refractivity contribution in [3.8, 4) is 0 Å². The molecule has 15 heavy (non-hydrogen) atoms. The standard InChI is InChI=1S/C9H9Cl3N2O/c10-6-3-1-5(2-4-6)9(15)14-8(13)7(11)12/h1-4,7-8H,13H2,(H,14,15)/t8-/m1/s1. The molecule has 0 aromatic heterocycles. The molecule has 0 bridgehead atoms. The molecule has 3 N–H and O–H groups in total. The molecule has 0 unspecified atom stereocenters. The fourth-order valence-electron chi connectivity index (χ4n) is 0.899. The Morgan fingerprint density at radius 2 is 1.80 bits per heavy atom. The van der Waals surface area contributed by atoms with Gasteiger partial charge in [0.2, 0.25) is 0 Å². The van der Waals surface area contributed by atoms with Crippen LogP contribution in [0.2, 0.25) is 5.02 Å². The van der Waals surface area contributed by atoms with E-state index in [1.54, 1.807) is 24.3 Å². The molecule has 1 atom stereocenters. The SMILES string of the molecule is N[C@H](NC(=O)c1ccc(Cl)cc1)C(Cl)Cl. The molecule has 0 spiro atoms. The molecule has 1 amide bonds. The summed E-state index contributed by atoms with van der Waals surface area (Å²) in [5.74, 6) is -0.342. The first-order chi connectivity index (χ1) is 7.00. The summed E-state index contributed by atoms with van der Waals surface area (Å²) in [5, 5.41) is 3.01. The van der Waals surface area contributed by atoms with Gasteiger partial charge in [-0.05, 0) is 24.3 Å². The second kappa shape index (κ2) is 5.56. The van der Waals surface area contributed by atoms with Gasteiger partial charge in [-0.2, -0.15) is 0 Å². The van der Waals surface area contributed by atoms with Crippen LogP contribution in [-0.4, -0.2) is 16.9 Å². The monoisotopic (exact) mass is 266 g/mol. The van der Waals surface area contributed by atoms with Gasteiger partial charge >= 0.3 is 0 Å². The predicted octanol–water partition coefficient (Wildman–Crippen LogP) is 2.16. The molecule has 0 fully saturated rings. The van der Waals surface area contributed by atoms with Crippen molar-refractivity contribution in [1.29, 1.82) is 0 Å². The Morgan fingerprint density at radius 1 is 1.27 bits per heavy atom. The van der Waals surface area contributed by atoms with Crippen LogP contribution in [0.5, 0.6) is 0 Å².